The Hall–Kier alpha value is -2.76. The smallest absolute Gasteiger partial charge is 0.337 e. The van der Waals surface area contributed by atoms with E-state index in [1.165, 1.54) is 18.3 Å². The highest BCUT2D eigenvalue weighted by Crippen LogP contribution is 2.26. The zero-order chi connectivity index (χ0) is 18.7. The van der Waals surface area contributed by atoms with Crippen molar-refractivity contribution >= 4 is 41.1 Å². The number of aryl methyl sites for hydroxylation is 1. The van der Waals surface area contributed by atoms with Crippen LogP contribution in [0, 0.1) is 6.92 Å². The van der Waals surface area contributed by atoms with Crippen LogP contribution in [0.1, 0.15) is 21.7 Å². The summed E-state index contributed by atoms with van der Waals surface area (Å²) >= 11 is 11.9. The third-order valence-corrected chi connectivity index (χ3v) is 4.40. The molecule has 0 aliphatic heterocycles. The lowest BCUT2D eigenvalue weighted by Gasteiger charge is -2.02. The lowest BCUT2D eigenvalue weighted by Crippen LogP contribution is -1.97. The molecule has 26 heavy (non-hydrogen) atoms. The second-order valence-electron chi connectivity index (χ2n) is 5.54. The van der Waals surface area contributed by atoms with Gasteiger partial charge in [-0.3, -0.25) is 5.43 Å². The molecule has 2 N–H and O–H groups in total. The number of rotatable bonds is 5. The molecule has 0 fully saturated rings. The Kier molecular flexibility index (Phi) is 5.30. The first kappa shape index (κ1) is 18.0. The fourth-order valence-electron chi connectivity index (χ4n) is 2.25. The molecule has 0 unspecified atom stereocenters. The summed E-state index contributed by atoms with van der Waals surface area (Å²) in [6, 6.07) is 13.7. The van der Waals surface area contributed by atoms with E-state index in [1.807, 2.05) is 19.1 Å². The number of carbonyl (C=O) groups is 1. The second kappa shape index (κ2) is 7.64. The number of nitrogens with one attached hydrogen (secondary N) is 1. The number of nitrogens with zero attached hydrogens (tertiary/aromatic N) is 1. The molecule has 0 amide bonds. The average molecular weight is 389 g/mol. The van der Waals surface area contributed by atoms with Crippen LogP contribution >= 0.6 is 23.2 Å². The van der Waals surface area contributed by atoms with Crippen LogP contribution in [0.4, 0.5) is 5.69 Å². The Bertz CT molecular complexity index is 996. The number of hydrogen-bond acceptors (Lipinski definition) is 4. The number of benzene rings is 2. The summed E-state index contributed by atoms with van der Waals surface area (Å²) < 4.78 is 5.67. The lowest BCUT2D eigenvalue weighted by atomic mass is 10.1. The largest absolute Gasteiger partial charge is 0.478 e. The standard InChI is InChI=1S/C19H14Cl2N2O3/c1-11-2-4-13(9-17(11)21)23-22-10-14-5-7-18(26-14)12-3-6-16(20)15(8-12)19(24)25/h2-10,23H,1H3,(H,24,25). The van der Waals surface area contributed by atoms with E-state index in [9.17, 15) is 4.79 Å². The first-order valence-corrected chi connectivity index (χ1v) is 8.38. The molecule has 0 aliphatic rings. The summed E-state index contributed by atoms with van der Waals surface area (Å²) in [6.07, 6.45) is 1.52. The van der Waals surface area contributed by atoms with E-state index >= 15 is 0 Å². The number of anilines is 1. The quantitative estimate of drug-likeness (QED) is 0.433. The molecule has 0 saturated carbocycles. The van der Waals surface area contributed by atoms with Crippen molar-refractivity contribution in [3.63, 3.8) is 0 Å². The van der Waals surface area contributed by atoms with Gasteiger partial charge < -0.3 is 9.52 Å². The van der Waals surface area contributed by atoms with Gasteiger partial charge in [-0.1, -0.05) is 29.3 Å². The average Bonchev–Trinajstić information content (AvgIpc) is 3.07. The SMILES string of the molecule is Cc1ccc(NN=Cc2ccc(-c3ccc(Cl)c(C(=O)O)c3)o2)cc1Cl. The maximum Gasteiger partial charge on any atom is 0.337 e. The van der Waals surface area contributed by atoms with Crippen LogP contribution in [0.2, 0.25) is 10.0 Å². The predicted molar refractivity (Wildman–Crippen MR) is 104 cm³/mol. The maximum absolute atomic E-state index is 11.2. The molecule has 1 heterocycles. The van der Waals surface area contributed by atoms with Crippen LogP contribution in [-0.4, -0.2) is 17.3 Å². The van der Waals surface area contributed by atoms with Gasteiger partial charge in [-0.15, -0.1) is 0 Å². The van der Waals surface area contributed by atoms with Gasteiger partial charge >= 0.3 is 5.97 Å². The van der Waals surface area contributed by atoms with Crippen LogP contribution in [0.3, 0.4) is 0 Å². The van der Waals surface area contributed by atoms with Crippen molar-refractivity contribution in [1.82, 2.24) is 0 Å². The Labute approximate surface area is 159 Å². The number of carboxylic acid groups (broad SMARTS) is 1. The zero-order valence-electron chi connectivity index (χ0n) is 13.7. The highest BCUT2D eigenvalue weighted by molar-refractivity contribution is 6.33. The van der Waals surface area contributed by atoms with Crippen LogP contribution in [-0.2, 0) is 0 Å². The van der Waals surface area contributed by atoms with E-state index in [-0.39, 0.29) is 10.6 Å². The van der Waals surface area contributed by atoms with Crippen LogP contribution in [0.15, 0.2) is 58.0 Å². The maximum atomic E-state index is 11.2. The molecule has 0 atom stereocenters. The van der Waals surface area contributed by atoms with Crippen molar-refractivity contribution in [1.29, 1.82) is 0 Å². The van der Waals surface area contributed by atoms with Gasteiger partial charge in [0.15, 0.2) is 0 Å². The van der Waals surface area contributed by atoms with E-state index in [0.29, 0.717) is 22.1 Å². The van der Waals surface area contributed by atoms with Gasteiger partial charge in [0.2, 0.25) is 0 Å². The van der Waals surface area contributed by atoms with Crippen molar-refractivity contribution in [3.8, 4) is 11.3 Å². The Balaban J connectivity index is 1.74. The number of hydrazone groups is 1. The molecular weight excluding hydrogens is 375 g/mol. The molecule has 3 rings (SSSR count). The monoisotopic (exact) mass is 388 g/mol. The molecule has 3 aromatic rings. The fraction of sp³-hybridized carbons (Fsp3) is 0.0526. The minimum Gasteiger partial charge on any atom is -0.478 e. The predicted octanol–water partition coefficient (Wildman–Crippen LogP) is 5.71. The summed E-state index contributed by atoms with van der Waals surface area (Å²) in [5.74, 6) is -0.0623. The molecule has 0 saturated heterocycles. The number of aromatic carboxylic acids is 1. The molecular formula is C19H14Cl2N2O3. The topological polar surface area (TPSA) is 74.8 Å². The Morgan fingerprint density at radius 2 is 1.92 bits per heavy atom. The molecule has 2 aromatic carbocycles. The molecule has 7 heteroatoms. The molecule has 1 aromatic heterocycles. The minimum absolute atomic E-state index is 0.0219. The minimum atomic E-state index is -1.09. The zero-order valence-corrected chi connectivity index (χ0v) is 15.2. The summed E-state index contributed by atoms with van der Waals surface area (Å²) in [4.78, 5) is 11.2. The summed E-state index contributed by atoms with van der Waals surface area (Å²) in [5.41, 5.74) is 5.25. The lowest BCUT2D eigenvalue weighted by molar-refractivity contribution is 0.0697. The summed E-state index contributed by atoms with van der Waals surface area (Å²) in [5, 5.41) is 14.1. The van der Waals surface area contributed by atoms with Gasteiger partial charge in [0.25, 0.3) is 0 Å². The number of carboxylic acids is 1. The van der Waals surface area contributed by atoms with E-state index in [4.69, 9.17) is 32.7 Å². The van der Waals surface area contributed by atoms with Gasteiger partial charge in [0.05, 0.1) is 22.5 Å². The molecule has 0 radical (unpaired) electrons. The highest BCUT2D eigenvalue weighted by atomic mass is 35.5. The van der Waals surface area contributed by atoms with Crippen LogP contribution < -0.4 is 5.43 Å². The highest BCUT2D eigenvalue weighted by Gasteiger charge is 2.12. The van der Waals surface area contributed by atoms with Crippen LogP contribution in [0.25, 0.3) is 11.3 Å². The third-order valence-electron chi connectivity index (χ3n) is 3.67. The molecule has 0 spiro atoms. The van der Waals surface area contributed by atoms with E-state index in [0.717, 1.165) is 11.3 Å². The summed E-state index contributed by atoms with van der Waals surface area (Å²) in [6.45, 7) is 1.92. The first-order valence-electron chi connectivity index (χ1n) is 7.62. The van der Waals surface area contributed by atoms with E-state index < -0.39 is 5.97 Å². The fourth-order valence-corrected chi connectivity index (χ4v) is 2.63. The number of hydrogen-bond donors (Lipinski definition) is 2. The van der Waals surface area contributed by atoms with Gasteiger partial charge in [-0.05, 0) is 55.0 Å². The van der Waals surface area contributed by atoms with Crippen LogP contribution in [0.5, 0.6) is 0 Å². The number of furan rings is 1. The van der Waals surface area contributed by atoms with Crippen molar-refractivity contribution < 1.29 is 14.3 Å². The van der Waals surface area contributed by atoms with E-state index in [1.54, 1.807) is 24.3 Å². The third kappa shape index (κ3) is 4.07. The van der Waals surface area contributed by atoms with Crippen molar-refractivity contribution in [3.05, 3.63) is 75.5 Å². The Morgan fingerprint density at radius 3 is 2.65 bits per heavy atom. The van der Waals surface area contributed by atoms with Gasteiger partial charge in [-0.25, -0.2) is 4.79 Å². The van der Waals surface area contributed by atoms with Gasteiger partial charge in [0.1, 0.15) is 11.5 Å². The molecule has 132 valence electrons. The van der Waals surface area contributed by atoms with Gasteiger partial charge in [-0.2, -0.15) is 5.10 Å². The van der Waals surface area contributed by atoms with Crippen molar-refractivity contribution in [2.45, 2.75) is 6.92 Å². The van der Waals surface area contributed by atoms with Gasteiger partial charge in [0, 0.05) is 10.6 Å². The molecule has 5 nitrogen and oxygen atoms in total. The number of halogens is 2. The second-order valence-corrected chi connectivity index (χ2v) is 6.35. The first-order chi connectivity index (χ1) is 12.4. The van der Waals surface area contributed by atoms with E-state index in [2.05, 4.69) is 10.5 Å². The van der Waals surface area contributed by atoms with Crippen molar-refractivity contribution in [2.75, 3.05) is 5.43 Å². The van der Waals surface area contributed by atoms with Crippen molar-refractivity contribution in [2.24, 2.45) is 5.10 Å². The summed E-state index contributed by atoms with van der Waals surface area (Å²) in [7, 11) is 0. The normalized spacial score (nSPS) is 11.0. The molecule has 0 bridgehead atoms. The molecule has 0 aliphatic carbocycles. The Morgan fingerprint density at radius 1 is 1.12 bits per heavy atom.